The molecule has 2 aromatic rings. The number of hydrogen-bond acceptors (Lipinski definition) is 2. The Morgan fingerprint density at radius 3 is 1.70 bits per heavy atom. The Bertz CT molecular complexity index is 852. The van der Waals surface area contributed by atoms with Gasteiger partial charge in [-0.1, -0.05) is 31.9 Å². The second-order valence-electron chi connectivity index (χ2n) is 4.66. The normalized spacial score (nSPS) is 11.6. The lowest BCUT2D eigenvalue weighted by Gasteiger charge is -2.08. The molecule has 13 heteroatoms. The van der Waals surface area contributed by atoms with Gasteiger partial charge in [-0.25, -0.2) is 4.39 Å². The first-order chi connectivity index (χ1) is 12.1. The molecule has 0 fully saturated rings. The molecule has 3 nitrogen and oxygen atoms in total. The summed E-state index contributed by atoms with van der Waals surface area (Å²) in [6.07, 6.45) is -9.20. The topological polar surface area (TPSA) is 43.1 Å². The molecule has 0 heterocycles. The molecule has 0 unspecified atom stereocenters. The highest BCUT2D eigenvalue weighted by molar-refractivity contribution is 9.10. The number of alkyl halides is 6. The first-order valence-electron chi connectivity index (χ1n) is 6.37. The van der Waals surface area contributed by atoms with E-state index in [0.717, 1.165) is 12.1 Å². The molecule has 0 radical (unpaired) electrons. The zero-order chi connectivity index (χ0) is 21.2. The number of nitrogens with zero attached hydrogens (tertiary/aromatic N) is 1. The van der Waals surface area contributed by atoms with E-state index in [1.165, 1.54) is 0 Å². The van der Waals surface area contributed by atoms with Gasteiger partial charge in [-0.15, -0.1) is 0 Å². The van der Waals surface area contributed by atoms with Crippen LogP contribution in [0.25, 0.3) is 0 Å². The minimum Gasteiger partial charge on any atom is -0.258 e. The molecule has 0 aliphatic rings. The van der Waals surface area contributed by atoms with Crippen LogP contribution >= 0.6 is 31.9 Å². The Balaban J connectivity index is 0.000000277. The van der Waals surface area contributed by atoms with Crippen LogP contribution in [-0.4, -0.2) is 4.92 Å². The number of rotatable bonds is 1. The van der Waals surface area contributed by atoms with Crippen molar-refractivity contribution in [3.63, 3.8) is 0 Å². The van der Waals surface area contributed by atoms with Crippen molar-refractivity contribution in [2.75, 3.05) is 0 Å². The van der Waals surface area contributed by atoms with Crippen LogP contribution in [0.5, 0.6) is 0 Å². The van der Waals surface area contributed by atoms with Gasteiger partial charge in [0.1, 0.15) is 5.82 Å². The van der Waals surface area contributed by atoms with Crippen LogP contribution in [0.1, 0.15) is 11.1 Å². The van der Waals surface area contributed by atoms with Crippen LogP contribution in [0.2, 0.25) is 0 Å². The first-order valence-corrected chi connectivity index (χ1v) is 7.96. The van der Waals surface area contributed by atoms with Crippen molar-refractivity contribution in [3.05, 3.63) is 72.2 Å². The maximum Gasteiger partial charge on any atom is 0.417 e. The zero-order valence-corrected chi connectivity index (χ0v) is 15.6. The number of nitro benzene ring substituents is 1. The first kappa shape index (κ1) is 23.3. The summed E-state index contributed by atoms with van der Waals surface area (Å²) in [6.45, 7) is 0. The molecule has 0 saturated heterocycles. The summed E-state index contributed by atoms with van der Waals surface area (Å²) in [5.74, 6) is -2.02. The smallest absolute Gasteiger partial charge is 0.258 e. The number of benzene rings is 2. The predicted octanol–water partition coefficient (Wildman–Crippen LogP) is 7.12. The third-order valence-corrected chi connectivity index (χ3v) is 4.09. The van der Waals surface area contributed by atoms with Crippen LogP contribution in [0.3, 0.4) is 0 Å². The van der Waals surface area contributed by atoms with E-state index in [2.05, 4.69) is 31.9 Å². The average Bonchev–Trinajstić information content (AvgIpc) is 2.44. The molecule has 0 aliphatic heterocycles. The number of nitro groups is 1. The van der Waals surface area contributed by atoms with E-state index in [4.69, 9.17) is 0 Å². The molecule has 0 aromatic heterocycles. The van der Waals surface area contributed by atoms with E-state index in [0.29, 0.717) is 12.1 Å². The highest BCUT2D eigenvalue weighted by Crippen LogP contribution is 2.38. The fraction of sp³-hybridized carbons (Fsp3) is 0.143. The Labute approximate surface area is 162 Å². The third-order valence-electron chi connectivity index (χ3n) is 2.78. The van der Waals surface area contributed by atoms with Crippen LogP contribution < -0.4 is 0 Å². The lowest BCUT2D eigenvalue weighted by atomic mass is 10.2. The van der Waals surface area contributed by atoms with Gasteiger partial charge in [0.2, 0.25) is 5.82 Å². The quantitative estimate of drug-likeness (QED) is 0.224. The molecule has 27 heavy (non-hydrogen) atoms. The molecular formula is C14H5Br2F8NO2. The monoisotopic (exact) mass is 529 g/mol. The maximum absolute atomic E-state index is 12.8. The molecule has 0 amide bonds. The van der Waals surface area contributed by atoms with Crippen LogP contribution in [0.4, 0.5) is 40.8 Å². The summed E-state index contributed by atoms with van der Waals surface area (Å²) in [6, 6.07) is 2.82. The number of hydrogen-bond donors (Lipinski definition) is 0. The standard InChI is InChI=1S/C7H2BrF4NO2.C7H3BrF4/c8-4-2-5(9)6(13(14)15)1-3(4)7(10,11)12;8-6-3-4(9)1-2-5(6)7(10,11)12/h1-2H;1-3H. The molecular weight excluding hydrogens is 526 g/mol. The summed E-state index contributed by atoms with van der Waals surface area (Å²) in [5.41, 5.74) is -3.36. The molecule has 0 N–H and O–H groups in total. The SMILES string of the molecule is Fc1ccc(C(F)(F)F)c(Br)c1.O=[N+]([O-])c1cc(C(F)(F)F)c(Br)cc1F. The van der Waals surface area contributed by atoms with Gasteiger partial charge in [-0.2, -0.15) is 30.7 Å². The van der Waals surface area contributed by atoms with Gasteiger partial charge in [-0.3, -0.25) is 10.1 Å². The van der Waals surface area contributed by atoms with E-state index < -0.39 is 50.2 Å². The van der Waals surface area contributed by atoms with Crippen molar-refractivity contribution in [2.24, 2.45) is 0 Å². The molecule has 0 saturated carbocycles. The average molecular weight is 531 g/mol. The highest BCUT2D eigenvalue weighted by Gasteiger charge is 2.36. The van der Waals surface area contributed by atoms with E-state index in [1.54, 1.807) is 0 Å². The lowest BCUT2D eigenvalue weighted by Crippen LogP contribution is -2.07. The molecule has 2 aromatic carbocycles. The molecule has 0 aliphatic carbocycles. The van der Waals surface area contributed by atoms with E-state index in [9.17, 15) is 45.2 Å². The third kappa shape index (κ3) is 6.41. The van der Waals surface area contributed by atoms with Gasteiger partial charge in [0.15, 0.2) is 0 Å². The van der Waals surface area contributed by atoms with Gasteiger partial charge >= 0.3 is 18.0 Å². The van der Waals surface area contributed by atoms with E-state index in [-0.39, 0.29) is 10.5 Å². The van der Waals surface area contributed by atoms with Crippen molar-refractivity contribution < 1.29 is 40.0 Å². The van der Waals surface area contributed by atoms with Crippen molar-refractivity contribution in [1.29, 1.82) is 0 Å². The van der Waals surface area contributed by atoms with Crippen LogP contribution in [0.15, 0.2) is 39.3 Å². The van der Waals surface area contributed by atoms with Crippen molar-refractivity contribution in [3.8, 4) is 0 Å². The van der Waals surface area contributed by atoms with E-state index in [1.807, 2.05) is 0 Å². The Morgan fingerprint density at radius 2 is 1.30 bits per heavy atom. The molecule has 0 atom stereocenters. The van der Waals surface area contributed by atoms with Gasteiger partial charge in [0.05, 0.1) is 16.1 Å². The van der Waals surface area contributed by atoms with Crippen LogP contribution in [0, 0.1) is 21.7 Å². The van der Waals surface area contributed by atoms with Crippen molar-refractivity contribution in [2.45, 2.75) is 12.4 Å². The highest BCUT2D eigenvalue weighted by atomic mass is 79.9. The maximum atomic E-state index is 12.8. The summed E-state index contributed by atoms with van der Waals surface area (Å²) in [4.78, 5) is 8.98. The second-order valence-corrected chi connectivity index (χ2v) is 6.37. The van der Waals surface area contributed by atoms with E-state index >= 15 is 0 Å². The summed E-state index contributed by atoms with van der Waals surface area (Å²) >= 11 is 5.11. The molecule has 0 spiro atoms. The lowest BCUT2D eigenvalue weighted by molar-refractivity contribution is -0.387. The van der Waals surface area contributed by atoms with Crippen LogP contribution in [-0.2, 0) is 12.4 Å². The second kappa shape index (κ2) is 8.50. The predicted molar refractivity (Wildman–Crippen MR) is 84.9 cm³/mol. The minimum absolute atomic E-state index is 0.152. The van der Waals surface area contributed by atoms with Crippen molar-refractivity contribution >= 4 is 37.5 Å². The van der Waals surface area contributed by atoms with Gasteiger partial charge in [-0.05, 0) is 24.3 Å². The summed E-state index contributed by atoms with van der Waals surface area (Å²) < 4.78 is 97.1. The summed E-state index contributed by atoms with van der Waals surface area (Å²) in [5, 5.41) is 10.2. The van der Waals surface area contributed by atoms with Gasteiger partial charge < -0.3 is 0 Å². The Morgan fingerprint density at radius 1 is 0.815 bits per heavy atom. The minimum atomic E-state index is -4.77. The zero-order valence-electron chi connectivity index (χ0n) is 12.4. The van der Waals surface area contributed by atoms with Gasteiger partial charge in [0, 0.05) is 15.0 Å². The summed E-state index contributed by atoms with van der Waals surface area (Å²) in [7, 11) is 0. The van der Waals surface area contributed by atoms with Crippen molar-refractivity contribution in [1.82, 2.24) is 0 Å². The Kier molecular flexibility index (Phi) is 7.33. The number of halogens is 10. The molecule has 148 valence electrons. The molecule has 2 rings (SSSR count). The fourth-order valence-electron chi connectivity index (χ4n) is 1.61. The Hall–Kier alpha value is -1.76. The molecule has 0 bridgehead atoms. The fourth-order valence-corrected chi connectivity index (χ4v) is 2.73. The largest absolute Gasteiger partial charge is 0.417 e. The van der Waals surface area contributed by atoms with Gasteiger partial charge in [0.25, 0.3) is 0 Å².